The number of imide groups is 1. The molecule has 0 spiro atoms. The van der Waals surface area contributed by atoms with Gasteiger partial charge in [0.1, 0.15) is 11.6 Å². The molecule has 2 aromatic rings. The average molecular weight is 444 g/mol. The van der Waals surface area contributed by atoms with E-state index in [1.165, 1.54) is 4.57 Å². The Morgan fingerprint density at radius 1 is 1.22 bits per heavy atom. The summed E-state index contributed by atoms with van der Waals surface area (Å²) in [4.78, 5) is 47.4. The summed E-state index contributed by atoms with van der Waals surface area (Å²) < 4.78 is 6.58. The molecule has 1 aliphatic rings. The Balaban J connectivity index is 1.62. The summed E-state index contributed by atoms with van der Waals surface area (Å²) in [5.74, 6) is -1.10. The smallest absolute Gasteiger partial charge is 0.407 e. The Morgan fingerprint density at radius 3 is 2.66 bits per heavy atom. The van der Waals surface area contributed by atoms with Gasteiger partial charge in [0.25, 0.3) is 0 Å². The molecule has 1 aromatic carbocycles. The zero-order chi connectivity index (χ0) is 23.5. The van der Waals surface area contributed by atoms with E-state index in [9.17, 15) is 24.3 Å². The van der Waals surface area contributed by atoms with Crippen LogP contribution in [0.5, 0.6) is 5.88 Å². The number of benzene rings is 1. The summed E-state index contributed by atoms with van der Waals surface area (Å²) in [5, 5.41) is 19.5. The minimum Gasteiger partial charge on any atom is -0.494 e. The number of carbonyl (C=O) groups is 4. The van der Waals surface area contributed by atoms with E-state index in [0.29, 0.717) is 17.2 Å². The van der Waals surface area contributed by atoms with Crippen LogP contribution in [0.1, 0.15) is 51.6 Å². The van der Waals surface area contributed by atoms with Crippen LogP contribution >= 0.6 is 0 Å². The van der Waals surface area contributed by atoms with Crippen LogP contribution in [0.2, 0.25) is 0 Å². The topological polar surface area (TPSA) is 139 Å². The van der Waals surface area contributed by atoms with E-state index in [1.54, 1.807) is 39.1 Å². The third-order valence-electron chi connectivity index (χ3n) is 4.99. The zero-order valence-electron chi connectivity index (χ0n) is 18.4. The SMILES string of the molecule is CC(C)(C)OC(=O)NCCC(=O)NCc1cccc2c(O)n(C3CCC(=O)NC3=O)cc12. The Morgan fingerprint density at radius 2 is 1.97 bits per heavy atom. The van der Waals surface area contributed by atoms with Gasteiger partial charge >= 0.3 is 6.09 Å². The molecule has 32 heavy (non-hydrogen) atoms. The van der Waals surface area contributed by atoms with Crippen molar-refractivity contribution in [2.75, 3.05) is 6.54 Å². The summed E-state index contributed by atoms with van der Waals surface area (Å²) in [6.07, 6.45) is 1.66. The highest BCUT2D eigenvalue weighted by molar-refractivity contribution is 6.00. The maximum Gasteiger partial charge on any atom is 0.407 e. The molecule has 172 valence electrons. The fraction of sp³-hybridized carbons (Fsp3) is 0.455. The second kappa shape index (κ2) is 9.29. The summed E-state index contributed by atoms with van der Waals surface area (Å²) >= 11 is 0. The van der Waals surface area contributed by atoms with Crippen molar-refractivity contribution in [3.05, 3.63) is 30.0 Å². The molecule has 1 unspecified atom stereocenters. The highest BCUT2D eigenvalue weighted by atomic mass is 16.6. The number of alkyl carbamates (subject to hydrolysis) is 1. The van der Waals surface area contributed by atoms with Gasteiger partial charge in [-0.2, -0.15) is 0 Å². The van der Waals surface area contributed by atoms with Crippen LogP contribution in [0.3, 0.4) is 0 Å². The fourth-order valence-electron chi connectivity index (χ4n) is 3.51. The molecule has 1 atom stereocenters. The number of rotatable bonds is 6. The van der Waals surface area contributed by atoms with Crippen LogP contribution in [0.15, 0.2) is 24.4 Å². The van der Waals surface area contributed by atoms with Crippen LogP contribution < -0.4 is 16.0 Å². The third kappa shape index (κ3) is 5.57. The first-order chi connectivity index (χ1) is 15.0. The second-order valence-electron chi connectivity index (χ2n) is 8.66. The van der Waals surface area contributed by atoms with Gasteiger partial charge in [-0.3, -0.25) is 19.7 Å². The van der Waals surface area contributed by atoms with Crippen molar-refractivity contribution in [2.45, 2.75) is 58.2 Å². The number of aromatic hydroxyl groups is 1. The standard InChI is InChI=1S/C22H28N4O6/c1-22(2,3)32-21(31)23-10-9-17(27)24-11-13-5-4-6-14-15(13)12-26(20(14)30)16-7-8-18(28)25-19(16)29/h4-6,12,16,30H,7-11H2,1-3H3,(H,23,31)(H,24,27)(H,25,28,29). The zero-order valence-corrected chi connectivity index (χ0v) is 18.4. The van der Waals surface area contributed by atoms with Crippen LogP contribution in [0.25, 0.3) is 10.8 Å². The number of nitrogens with zero attached hydrogens (tertiary/aromatic N) is 1. The number of carbonyl (C=O) groups excluding carboxylic acids is 4. The molecule has 1 aliphatic heterocycles. The Bertz CT molecular complexity index is 1050. The molecule has 10 nitrogen and oxygen atoms in total. The van der Waals surface area contributed by atoms with E-state index in [0.717, 1.165) is 5.56 Å². The van der Waals surface area contributed by atoms with Crippen molar-refractivity contribution in [1.29, 1.82) is 0 Å². The van der Waals surface area contributed by atoms with Crippen molar-refractivity contribution < 1.29 is 29.0 Å². The van der Waals surface area contributed by atoms with Crippen LogP contribution in [0, 0.1) is 0 Å². The van der Waals surface area contributed by atoms with E-state index in [4.69, 9.17) is 4.74 Å². The highest BCUT2D eigenvalue weighted by Crippen LogP contribution is 2.34. The number of hydrogen-bond acceptors (Lipinski definition) is 6. The normalized spacial score (nSPS) is 16.5. The van der Waals surface area contributed by atoms with Crippen molar-refractivity contribution in [1.82, 2.24) is 20.5 Å². The van der Waals surface area contributed by atoms with Gasteiger partial charge in [0.15, 0.2) is 5.88 Å². The van der Waals surface area contributed by atoms with Gasteiger partial charge in [-0.25, -0.2) is 4.79 Å². The molecule has 3 rings (SSSR count). The number of aromatic nitrogens is 1. The van der Waals surface area contributed by atoms with Crippen molar-refractivity contribution in [3.63, 3.8) is 0 Å². The molecule has 0 aliphatic carbocycles. The summed E-state index contributed by atoms with van der Waals surface area (Å²) in [5.41, 5.74) is 0.151. The number of hydrogen-bond donors (Lipinski definition) is 4. The number of ether oxygens (including phenoxy) is 1. The Labute approximate surface area is 185 Å². The molecule has 10 heteroatoms. The monoisotopic (exact) mass is 444 g/mol. The van der Waals surface area contributed by atoms with Gasteiger partial charge in [-0.15, -0.1) is 0 Å². The summed E-state index contributed by atoms with van der Waals surface area (Å²) in [6, 6.07) is 4.61. The van der Waals surface area contributed by atoms with Gasteiger partial charge in [-0.1, -0.05) is 12.1 Å². The average Bonchev–Trinajstić information content (AvgIpc) is 3.02. The number of nitrogens with one attached hydrogen (secondary N) is 3. The molecule has 4 amide bonds. The third-order valence-corrected chi connectivity index (χ3v) is 4.99. The number of amides is 4. The lowest BCUT2D eigenvalue weighted by atomic mass is 10.1. The molecule has 4 N–H and O–H groups in total. The van der Waals surface area contributed by atoms with Gasteiger partial charge in [0.05, 0.1) is 0 Å². The van der Waals surface area contributed by atoms with Crippen molar-refractivity contribution in [3.8, 4) is 5.88 Å². The quantitative estimate of drug-likeness (QED) is 0.502. The van der Waals surface area contributed by atoms with Crippen molar-refractivity contribution >= 4 is 34.6 Å². The first-order valence-corrected chi connectivity index (χ1v) is 10.4. The highest BCUT2D eigenvalue weighted by Gasteiger charge is 2.30. The van der Waals surface area contributed by atoms with Crippen molar-refractivity contribution in [2.24, 2.45) is 0 Å². The maximum atomic E-state index is 12.2. The Hall–Kier alpha value is -3.56. The molecule has 1 saturated heterocycles. The molecule has 1 fully saturated rings. The fourth-order valence-corrected chi connectivity index (χ4v) is 3.51. The summed E-state index contributed by atoms with van der Waals surface area (Å²) in [6.45, 7) is 5.61. The van der Waals surface area contributed by atoms with Gasteiger partial charge in [-0.05, 0) is 38.8 Å². The van der Waals surface area contributed by atoms with E-state index < -0.39 is 23.6 Å². The molecular weight excluding hydrogens is 416 g/mol. The van der Waals surface area contributed by atoms with E-state index in [2.05, 4.69) is 16.0 Å². The minimum absolute atomic E-state index is 0.0655. The van der Waals surface area contributed by atoms with Crippen LogP contribution in [-0.2, 0) is 25.7 Å². The van der Waals surface area contributed by atoms with E-state index in [-0.39, 0.29) is 43.6 Å². The van der Waals surface area contributed by atoms with E-state index in [1.807, 2.05) is 6.07 Å². The first kappa shape index (κ1) is 23.1. The Kier molecular flexibility index (Phi) is 6.71. The van der Waals surface area contributed by atoms with Crippen LogP contribution in [0.4, 0.5) is 4.79 Å². The lowest BCUT2D eigenvalue weighted by molar-refractivity contribution is -0.135. The van der Waals surface area contributed by atoms with E-state index >= 15 is 0 Å². The predicted molar refractivity (Wildman–Crippen MR) is 116 cm³/mol. The molecular formula is C22H28N4O6. The lowest BCUT2D eigenvalue weighted by Gasteiger charge is -2.22. The minimum atomic E-state index is -0.679. The van der Waals surface area contributed by atoms with Gasteiger partial charge < -0.3 is 25.0 Å². The molecule has 0 bridgehead atoms. The molecule has 1 aromatic heterocycles. The molecule has 0 saturated carbocycles. The largest absolute Gasteiger partial charge is 0.494 e. The summed E-state index contributed by atoms with van der Waals surface area (Å²) in [7, 11) is 0. The first-order valence-electron chi connectivity index (χ1n) is 10.4. The molecule has 0 radical (unpaired) electrons. The molecule has 2 heterocycles. The number of fused-ring (bicyclic) bond motifs is 1. The number of piperidine rings is 1. The lowest BCUT2D eigenvalue weighted by Crippen LogP contribution is -2.41. The second-order valence-corrected chi connectivity index (χ2v) is 8.66. The van der Waals surface area contributed by atoms with Crippen LogP contribution in [-0.4, -0.2) is 45.6 Å². The predicted octanol–water partition coefficient (Wildman–Crippen LogP) is 1.86. The maximum absolute atomic E-state index is 12.2. The van der Waals surface area contributed by atoms with Gasteiger partial charge in [0, 0.05) is 42.9 Å². The van der Waals surface area contributed by atoms with Gasteiger partial charge in [0.2, 0.25) is 17.7 Å².